The molecule has 0 spiro atoms. The molecule has 2 aromatic carbocycles. The fraction of sp³-hybridized carbons (Fsp3) is 0.350. The Kier molecular flexibility index (Phi) is 7.14. The van der Waals surface area contributed by atoms with Crippen LogP contribution in [-0.2, 0) is 4.79 Å². The summed E-state index contributed by atoms with van der Waals surface area (Å²) >= 11 is 6.10. The van der Waals surface area contributed by atoms with Crippen molar-refractivity contribution in [3.8, 4) is 0 Å². The Balaban J connectivity index is 1.80. The molecular formula is C20H26ClN3O. The molecule has 25 heavy (non-hydrogen) atoms. The van der Waals surface area contributed by atoms with Crippen molar-refractivity contribution in [2.75, 3.05) is 35.2 Å². The first-order valence-electron chi connectivity index (χ1n) is 8.68. The molecule has 134 valence electrons. The van der Waals surface area contributed by atoms with Crippen LogP contribution < -0.4 is 15.5 Å². The number of carbonyl (C=O) groups is 1. The topological polar surface area (TPSA) is 44.4 Å². The molecule has 0 aliphatic carbocycles. The quantitative estimate of drug-likeness (QED) is 0.702. The maximum absolute atomic E-state index is 12.1. The van der Waals surface area contributed by atoms with Gasteiger partial charge in [-0.1, -0.05) is 17.7 Å². The van der Waals surface area contributed by atoms with Crippen LogP contribution in [-0.4, -0.2) is 25.5 Å². The smallest absolute Gasteiger partial charge is 0.226 e. The van der Waals surface area contributed by atoms with E-state index in [0.717, 1.165) is 35.1 Å². The molecule has 0 radical (unpaired) electrons. The molecular weight excluding hydrogens is 334 g/mol. The summed E-state index contributed by atoms with van der Waals surface area (Å²) in [5.41, 5.74) is 3.95. The van der Waals surface area contributed by atoms with Gasteiger partial charge in [0, 0.05) is 48.1 Å². The Morgan fingerprint density at radius 1 is 1.04 bits per heavy atom. The van der Waals surface area contributed by atoms with Crippen LogP contribution >= 0.6 is 11.6 Å². The van der Waals surface area contributed by atoms with Gasteiger partial charge in [0.05, 0.1) is 0 Å². The minimum Gasteiger partial charge on any atom is -0.384 e. The van der Waals surface area contributed by atoms with E-state index >= 15 is 0 Å². The second kappa shape index (κ2) is 9.33. The molecule has 0 aliphatic rings. The van der Waals surface area contributed by atoms with Gasteiger partial charge >= 0.3 is 0 Å². The lowest BCUT2D eigenvalue weighted by atomic mass is 10.2. The fourth-order valence-electron chi connectivity index (χ4n) is 2.59. The van der Waals surface area contributed by atoms with E-state index in [1.807, 2.05) is 49.4 Å². The van der Waals surface area contributed by atoms with Crippen LogP contribution in [0.1, 0.15) is 25.8 Å². The van der Waals surface area contributed by atoms with Crippen molar-refractivity contribution < 1.29 is 4.79 Å². The Hall–Kier alpha value is -2.20. The van der Waals surface area contributed by atoms with Gasteiger partial charge in [0.25, 0.3) is 0 Å². The zero-order valence-corrected chi connectivity index (χ0v) is 15.9. The molecule has 0 saturated heterocycles. The molecule has 0 aromatic heterocycles. The first-order valence-corrected chi connectivity index (χ1v) is 9.06. The van der Waals surface area contributed by atoms with Gasteiger partial charge in [-0.15, -0.1) is 0 Å². The van der Waals surface area contributed by atoms with Crippen LogP contribution in [0.3, 0.4) is 0 Å². The molecule has 0 bridgehead atoms. The highest BCUT2D eigenvalue weighted by atomic mass is 35.5. The maximum atomic E-state index is 12.1. The molecule has 4 nitrogen and oxygen atoms in total. The van der Waals surface area contributed by atoms with E-state index in [-0.39, 0.29) is 5.91 Å². The lowest BCUT2D eigenvalue weighted by molar-refractivity contribution is -0.115. The average Bonchev–Trinajstić information content (AvgIpc) is 2.60. The van der Waals surface area contributed by atoms with Gasteiger partial charge in [0.2, 0.25) is 5.91 Å². The van der Waals surface area contributed by atoms with Crippen molar-refractivity contribution >= 4 is 34.6 Å². The number of benzene rings is 2. The summed E-state index contributed by atoms with van der Waals surface area (Å²) in [6.07, 6.45) is 0.392. The molecule has 0 aliphatic heterocycles. The molecule has 0 atom stereocenters. The minimum absolute atomic E-state index is 0.0127. The number of nitrogens with zero attached hydrogens (tertiary/aromatic N) is 1. The van der Waals surface area contributed by atoms with Crippen molar-refractivity contribution in [3.05, 3.63) is 53.1 Å². The van der Waals surface area contributed by atoms with Gasteiger partial charge in [-0.25, -0.2) is 0 Å². The highest BCUT2D eigenvalue weighted by molar-refractivity contribution is 6.31. The summed E-state index contributed by atoms with van der Waals surface area (Å²) in [5.74, 6) is -0.0127. The number of amides is 1. The molecule has 1 amide bonds. The lowest BCUT2D eigenvalue weighted by Gasteiger charge is -2.21. The van der Waals surface area contributed by atoms with E-state index in [4.69, 9.17) is 11.6 Å². The van der Waals surface area contributed by atoms with Crippen LogP contribution in [0.2, 0.25) is 5.02 Å². The van der Waals surface area contributed by atoms with Crippen LogP contribution in [0.25, 0.3) is 0 Å². The third kappa shape index (κ3) is 5.68. The third-order valence-electron chi connectivity index (χ3n) is 4.13. The number of nitrogens with one attached hydrogen (secondary N) is 2. The van der Waals surface area contributed by atoms with Crippen LogP contribution in [0.5, 0.6) is 0 Å². The van der Waals surface area contributed by atoms with Gasteiger partial charge in [0.1, 0.15) is 0 Å². The van der Waals surface area contributed by atoms with Crippen LogP contribution in [0.15, 0.2) is 42.5 Å². The molecule has 2 aromatic rings. The number of anilines is 3. The number of halogens is 1. The molecule has 0 saturated carbocycles. The predicted octanol–water partition coefficient (Wildman–Crippen LogP) is 4.94. The van der Waals surface area contributed by atoms with E-state index in [9.17, 15) is 4.79 Å². The Morgan fingerprint density at radius 3 is 2.28 bits per heavy atom. The monoisotopic (exact) mass is 359 g/mol. The maximum Gasteiger partial charge on any atom is 0.226 e. The molecule has 0 fully saturated rings. The lowest BCUT2D eigenvalue weighted by Crippen LogP contribution is -2.21. The largest absolute Gasteiger partial charge is 0.384 e. The van der Waals surface area contributed by atoms with E-state index in [1.54, 1.807) is 0 Å². The molecule has 0 heterocycles. The summed E-state index contributed by atoms with van der Waals surface area (Å²) in [4.78, 5) is 14.3. The summed E-state index contributed by atoms with van der Waals surface area (Å²) in [6.45, 7) is 8.72. The minimum atomic E-state index is -0.0127. The number of hydrogen-bond donors (Lipinski definition) is 2. The molecule has 2 rings (SSSR count). The van der Waals surface area contributed by atoms with Crippen molar-refractivity contribution in [1.82, 2.24) is 0 Å². The first kappa shape index (κ1) is 19.1. The summed E-state index contributed by atoms with van der Waals surface area (Å²) in [7, 11) is 0. The summed E-state index contributed by atoms with van der Waals surface area (Å²) < 4.78 is 0. The van der Waals surface area contributed by atoms with Gasteiger partial charge in [0.15, 0.2) is 0 Å². The van der Waals surface area contributed by atoms with E-state index in [2.05, 4.69) is 29.4 Å². The summed E-state index contributed by atoms with van der Waals surface area (Å²) in [6, 6.07) is 13.8. The van der Waals surface area contributed by atoms with E-state index in [0.29, 0.717) is 13.0 Å². The van der Waals surface area contributed by atoms with Gasteiger partial charge in [-0.05, 0) is 62.7 Å². The molecule has 5 heteroatoms. The average molecular weight is 360 g/mol. The first-order chi connectivity index (χ1) is 12.0. The van der Waals surface area contributed by atoms with Crippen LogP contribution in [0.4, 0.5) is 17.1 Å². The predicted molar refractivity (Wildman–Crippen MR) is 108 cm³/mol. The van der Waals surface area contributed by atoms with Crippen molar-refractivity contribution in [2.24, 2.45) is 0 Å². The zero-order chi connectivity index (χ0) is 18.2. The highest BCUT2D eigenvalue weighted by Crippen LogP contribution is 2.20. The van der Waals surface area contributed by atoms with Gasteiger partial charge < -0.3 is 15.5 Å². The van der Waals surface area contributed by atoms with Crippen molar-refractivity contribution in [3.63, 3.8) is 0 Å². The van der Waals surface area contributed by atoms with E-state index in [1.165, 1.54) is 5.69 Å². The number of hydrogen-bond acceptors (Lipinski definition) is 3. The molecule has 0 unspecified atom stereocenters. The highest BCUT2D eigenvalue weighted by Gasteiger charge is 2.05. The number of aryl methyl sites for hydroxylation is 1. The second-order valence-corrected chi connectivity index (χ2v) is 6.32. The van der Waals surface area contributed by atoms with Crippen molar-refractivity contribution in [1.29, 1.82) is 0 Å². The third-order valence-corrected chi connectivity index (χ3v) is 4.54. The standard InChI is InChI=1S/C20H26ClN3O/c1-4-24(5-2)18-10-8-16(9-11-18)23-20(25)12-13-22-17-7-6-15(3)19(21)14-17/h6-11,14,22H,4-5,12-13H2,1-3H3,(H,23,25). The second-order valence-electron chi connectivity index (χ2n) is 5.91. The Morgan fingerprint density at radius 2 is 1.68 bits per heavy atom. The molecule has 2 N–H and O–H groups in total. The number of carbonyl (C=O) groups excluding carboxylic acids is 1. The van der Waals surface area contributed by atoms with Crippen LogP contribution in [0, 0.1) is 6.92 Å². The normalized spacial score (nSPS) is 10.4. The summed E-state index contributed by atoms with van der Waals surface area (Å²) in [5, 5.41) is 6.87. The fourth-order valence-corrected chi connectivity index (χ4v) is 2.77. The van der Waals surface area contributed by atoms with Crippen molar-refractivity contribution in [2.45, 2.75) is 27.2 Å². The Bertz CT molecular complexity index is 697. The van der Waals surface area contributed by atoms with E-state index < -0.39 is 0 Å². The SMILES string of the molecule is CCN(CC)c1ccc(NC(=O)CCNc2ccc(C)c(Cl)c2)cc1. The van der Waals surface area contributed by atoms with Gasteiger partial charge in [-0.3, -0.25) is 4.79 Å². The zero-order valence-electron chi connectivity index (χ0n) is 15.1. The Labute approximate surface area is 155 Å². The van der Waals surface area contributed by atoms with Gasteiger partial charge in [-0.2, -0.15) is 0 Å². The number of rotatable bonds is 8.